The van der Waals surface area contributed by atoms with Crippen LogP contribution < -0.4 is 70.4 Å². The Labute approximate surface area is 507 Å². The van der Waals surface area contributed by atoms with Gasteiger partial charge in [0.15, 0.2) is 0 Å². The van der Waals surface area contributed by atoms with Gasteiger partial charge in [-0.25, -0.2) is 4.79 Å². The largest absolute Gasteiger partial charge is 0.508 e. The number of nitrogens with two attached hydrogens (primary N) is 3. The molecule has 0 aromatic heterocycles. The van der Waals surface area contributed by atoms with Crippen molar-refractivity contribution >= 4 is 88.7 Å². The predicted octanol–water partition coefficient (Wildman–Crippen LogP) is -5.71. The first kappa shape index (κ1) is 77.3. The number of benzene rings is 1. The molecule has 0 heterocycles. The number of amides is 11. The van der Waals surface area contributed by atoms with Crippen molar-refractivity contribution < 1.29 is 93.0 Å². The van der Waals surface area contributed by atoms with Crippen molar-refractivity contribution in [2.45, 2.75) is 178 Å². The predicted molar refractivity (Wildman–Crippen MR) is 314 cm³/mol. The number of phenolic OH excluding ortho intramolecular Hbond substituents is 1. The van der Waals surface area contributed by atoms with E-state index in [1.165, 1.54) is 43.0 Å². The second-order valence-corrected chi connectivity index (χ2v) is 22.2. The molecule has 1 aromatic carbocycles. The highest BCUT2D eigenvalue weighted by molar-refractivity contribution is 7.98. The number of aliphatic carboxylic acids is 2. The Kier molecular flexibility index (Phi) is 35.4. The lowest BCUT2D eigenvalue weighted by molar-refractivity contribution is -0.143. The van der Waals surface area contributed by atoms with Crippen molar-refractivity contribution in [3.63, 3.8) is 0 Å². The quantitative estimate of drug-likeness (QED) is 0.0271. The minimum absolute atomic E-state index is 0.0290. The molecule has 13 atom stereocenters. The zero-order chi connectivity index (χ0) is 66.2. The van der Waals surface area contributed by atoms with Crippen LogP contribution in [0.25, 0.3) is 0 Å². The Morgan fingerprint density at radius 2 is 1.00 bits per heavy atom. The van der Waals surface area contributed by atoms with Crippen LogP contribution >= 0.6 is 11.8 Å². The zero-order valence-corrected chi connectivity index (χ0v) is 50.7. The lowest BCUT2D eigenvalue weighted by Crippen LogP contribution is -2.62. The molecule has 0 radical (unpaired) electrons. The summed E-state index contributed by atoms with van der Waals surface area (Å²) >= 11 is 1.27. The van der Waals surface area contributed by atoms with Crippen LogP contribution in [0.5, 0.6) is 5.75 Å². The van der Waals surface area contributed by atoms with Crippen molar-refractivity contribution in [2.24, 2.45) is 29.0 Å². The lowest BCUT2D eigenvalue weighted by atomic mass is 9.97. The number of aliphatic hydroxyl groups is 3. The maximum atomic E-state index is 14.3. The van der Waals surface area contributed by atoms with E-state index >= 15 is 0 Å². The molecule has 11 amide bonds. The van der Waals surface area contributed by atoms with Gasteiger partial charge in [0.1, 0.15) is 66.2 Å². The number of nitrogens with one attached hydrogen (secondary N) is 10. The summed E-state index contributed by atoms with van der Waals surface area (Å²) in [6.45, 7) is 7.10. The van der Waals surface area contributed by atoms with Gasteiger partial charge in [0.25, 0.3) is 0 Å². The molecule has 490 valence electrons. The molecule has 0 fully saturated rings. The molecule has 0 unspecified atom stereocenters. The highest BCUT2D eigenvalue weighted by Crippen LogP contribution is 2.15. The maximum Gasteiger partial charge on any atom is 0.326 e. The molecular formula is C54H89N13O19S. The number of carbonyl (C=O) groups is 13. The molecule has 0 bridgehead atoms. The van der Waals surface area contributed by atoms with E-state index in [0.717, 1.165) is 6.92 Å². The third-order valence-corrected chi connectivity index (χ3v) is 14.1. The summed E-state index contributed by atoms with van der Waals surface area (Å²) in [6, 6.07) is -11.9. The van der Waals surface area contributed by atoms with E-state index in [4.69, 9.17) is 22.3 Å². The number of phenols is 1. The van der Waals surface area contributed by atoms with Crippen LogP contribution in [0.1, 0.15) is 105 Å². The Bertz CT molecular complexity index is 2490. The van der Waals surface area contributed by atoms with E-state index in [1.54, 1.807) is 34.0 Å². The van der Waals surface area contributed by atoms with E-state index < -0.39 is 188 Å². The summed E-state index contributed by atoms with van der Waals surface area (Å²) < 4.78 is 0. The van der Waals surface area contributed by atoms with Gasteiger partial charge in [-0.2, -0.15) is 11.8 Å². The second kappa shape index (κ2) is 39.9. The smallest absolute Gasteiger partial charge is 0.326 e. The minimum Gasteiger partial charge on any atom is -0.508 e. The summed E-state index contributed by atoms with van der Waals surface area (Å²) in [5, 5.41) is 83.4. The van der Waals surface area contributed by atoms with Crippen LogP contribution in [0, 0.1) is 11.8 Å². The summed E-state index contributed by atoms with van der Waals surface area (Å²) in [7, 11) is 0. The molecule has 22 N–H and O–H groups in total. The molecular weight excluding hydrogens is 1170 g/mol. The molecule has 33 heteroatoms. The van der Waals surface area contributed by atoms with Gasteiger partial charge in [-0.15, -0.1) is 0 Å². The summed E-state index contributed by atoms with van der Waals surface area (Å²) in [5.74, 6) is -14.7. The Morgan fingerprint density at radius 3 is 1.49 bits per heavy atom. The van der Waals surface area contributed by atoms with Crippen molar-refractivity contribution in [1.82, 2.24) is 53.2 Å². The fraction of sp³-hybridized carbons (Fsp3) is 0.648. The van der Waals surface area contributed by atoms with E-state index in [9.17, 15) is 87.9 Å². The van der Waals surface area contributed by atoms with Gasteiger partial charge in [-0.05, 0) is 100 Å². The van der Waals surface area contributed by atoms with E-state index in [2.05, 4.69) is 53.2 Å². The van der Waals surface area contributed by atoms with Crippen LogP contribution in [-0.2, 0) is 68.7 Å². The first-order valence-electron chi connectivity index (χ1n) is 28.2. The summed E-state index contributed by atoms with van der Waals surface area (Å²) in [4.78, 5) is 172. The topological polar surface area (TPSA) is 542 Å². The number of carbonyl (C=O) groups excluding carboxylic acids is 11. The maximum absolute atomic E-state index is 14.3. The highest BCUT2D eigenvalue weighted by atomic mass is 32.2. The molecule has 0 aliphatic heterocycles. The highest BCUT2D eigenvalue weighted by Gasteiger charge is 2.37. The van der Waals surface area contributed by atoms with Gasteiger partial charge in [-0.1, -0.05) is 46.2 Å². The number of carboxylic acid groups (broad SMARTS) is 2. The third-order valence-electron chi connectivity index (χ3n) is 13.4. The monoisotopic (exact) mass is 1260 g/mol. The molecule has 0 spiro atoms. The first-order valence-corrected chi connectivity index (χ1v) is 29.6. The fourth-order valence-corrected chi connectivity index (χ4v) is 8.64. The second-order valence-electron chi connectivity index (χ2n) is 21.2. The van der Waals surface area contributed by atoms with Crippen molar-refractivity contribution in [1.29, 1.82) is 0 Å². The number of hydrogen-bond acceptors (Lipinski definition) is 20. The third kappa shape index (κ3) is 28.6. The molecule has 32 nitrogen and oxygen atoms in total. The number of aromatic hydroxyl groups is 1. The van der Waals surface area contributed by atoms with Crippen molar-refractivity contribution in [2.75, 3.05) is 31.8 Å². The van der Waals surface area contributed by atoms with Crippen molar-refractivity contribution in [3.05, 3.63) is 29.8 Å². The van der Waals surface area contributed by atoms with Crippen LogP contribution in [0.3, 0.4) is 0 Å². The molecule has 0 aliphatic carbocycles. The van der Waals surface area contributed by atoms with E-state index in [-0.39, 0.29) is 56.1 Å². The molecule has 87 heavy (non-hydrogen) atoms. The number of unbranched alkanes of at least 4 members (excludes halogenated alkanes) is 1. The molecule has 0 saturated heterocycles. The lowest BCUT2D eigenvalue weighted by Gasteiger charge is -2.29. The minimum atomic E-state index is -1.87. The van der Waals surface area contributed by atoms with E-state index in [1.807, 2.05) is 0 Å². The van der Waals surface area contributed by atoms with Gasteiger partial charge >= 0.3 is 11.9 Å². The first-order chi connectivity index (χ1) is 40.8. The van der Waals surface area contributed by atoms with Gasteiger partial charge in [-0.3, -0.25) is 57.5 Å². The average Bonchev–Trinajstić information content (AvgIpc) is 3.56. The summed E-state index contributed by atoms with van der Waals surface area (Å²) in [5.41, 5.74) is 17.1. The number of thioether (sulfide) groups is 1. The van der Waals surface area contributed by atoms with Gasteiger partial charge in [0, 0.05) is 12.8 Å². The molecule has 1 aromatic rings. The van der Waals surface area contributed by atoms with Crippen LogP contribution in [0.15, 0.2) is 24.3 Å². The summed E-state index contributed by atoms with van der Waals surface area (Å²) in [6.07, 6.45) is -1.36. The zero-order valence-electron chi connectivity index (χ0n) is 49.9. The van der Waals surface area contributed by atoms with Gasteiger partial charge < -0.3 is 101 Å². The normalized spacial score (nSPS) is 15.6. The molecule has 0 aliphatic rings. The molecule has 0 saturated carbocycles. The number of carboxylic acids is 2. The fourth-order valence-electron chi connectivity index (χ4n) is 8.17. The standard InChI is InChI=1S/C54H89N13O19S/c1-8-27(4)42(66-45(76)32(56)23-41(73)74)52(83)65-39(25-69)51(82)67-43(29(6)70)53(84)61-33(11-9-10-19-55)46(77)62-36(22-30-12-14-31(71)15-13-30)49(80)58-28(5)44(75)59-34(16-17-40(57)72)47(78)60-35(18-20-87-7)48(79)64-38(24-68)50(81)63-37(54(85)86)21-26(2)3/h12-15,26-29,32-39,42-43,68-71H,8-11,16-25,55-56H2,1-7H3,(H2,57,72)(H,58,80)(H,59,75)(H,60,78)(H,61,84)(H,62,77)(H,63,81)(H,64,79)(H,65,83)(H,66,76)(H,67,82)(H,73,74)(H,85,86)/t27-,28-,29+,32-,33-,34-,35-,36-,37-,38-,39-,42-,43-/m0/s1. The Hall–Kier alpha value is -7.72. The van der Waals surface area contributed by atoms with Gasteiger partial charge in [0.05, 0.1) is 31.8 Å². The SMILES string of the molecule is CC[C@H](C)[C@H](NC(=O)[C@@H](N)CC(=O)O)C(=O)N[C@@H](CO)C(=O)N[C@H](C(=O)N[C@@H](CCCCN)C(=O)N[C@@H](Cc1ccc(O)cc1)C(=O)N[C@@H](C)C(=O)N[C@@H](CCC(N)=O)C(=O)N[C@@H](CCSC)C(=O)N[C@@H](CO)C(=O)N[C@@H](CC(C)C)C(=O)O)[C@@H](C)O. The number of aliphatic hydroxyl groups excluding tert-OH is 3. The Balaban J connectivity index is 3.51. The van der Waals surface area contributed by atoms with E-state index in [0.29, 0.717) is 18.4 Å². The Morgan fingerprint density at radius 1 is 0.552 bits per heavy atom. The number of rotatable bonds is 42. The van der Waals surface area contributed by atoms with Crippen molar-refractivity contribution in [3.8, 4) is 5.75 Å². The number of hydrogen-bond donors (Lipinski definition) is 19. The van der Waals surface area contributed by atoms with Crippen LogP contribution in [0.2, 0.25) is 0 Å². The average molecular weight is 1260 g/mol. The molecule has 1 rings (SSSR count). The van der Waals surface area contributed by atoms with Crippen LogP contribution in [0.4, 0.5) is 0 Å². The number of primary amides is 1. The van der Waals surface area contributed by atoms with Crippen LogP contribution in [-0.4, -0.2) is 212 Å². The van der Waals surface area contributed by atoms with Gasteiger partial charge in [0.2, 0.25) is 65.0 Å².